The lowest BCUT2D eigenvalue weighted by molar-refractivity contribution is 0.0303. The van der Waals surface area contributed by atoms with Crippen LogP contribution in [-0.4, -0.2) is 49.6 Å². The summed E-state index contributed by atoms with van der Waals surface area (Å²) >= 11 is 0. The van der Waals surface area contributed by atoms with E-state index in [1.165, 1.54) is 0 Å². The van der Waals surface area contributed by atoms with Crippen LogP contribution in [0.5, 0.6) is 0 Å². The Morgan fingerprint density at radius 2 is 1.91 bits per heavy atom. The minimum absolute atomic E-state index is 0.0415. The summed E-state index contributed by atoms with van der Waals surface area (Å²) in [7, 11) is 0. The first-order valence-corrected chi connectivity index (χ1v) is 7.83. The molecule has 0 atom stereocenters. The molecule has 1 saturated heterocycles. The summed E-state index contributed by atoms with van der Waals surface area (Å²) < 4.78 is 5.25. The van der Waals surface area contributed by atoms with E-state index >= 15 is 0 Å². The van der Waals surface area contributed by atoms with Crippen molar-refractivity contribution in [2.24, 2.45) is 5.92 Å². The fourth-order valence-corrected chi connectivity index (χ4v) is 2.32. The lowest BCUT2D eigenvalue weighted by Gasteiger charge is -2.27. The molecule has 1 N–H and O–H groups in total. The molecule has 1 aliphatic heterocycles. The molecule has 1 fully saturated rings. The molecule has 5 heteroatoms. The fraction of sp³-hybridized carbons (Fsp3) is 0.529. The molecule has 0 radical (unpaired) electrons. The van der Waals surface area contributed by atoms with Crippen LogP contribution in [0.25, 0.3) is 0 Å². The number of amides is 2. The number of carbonyl (C=O) groups excluding carboxylic acids is 2. The first-order chi connectivity index (χ1) is 10.6. The first kappa shape index (κ1) is 16.5. The van der Waals surface area contributed by atoms with Gasteiger partial charge in [0.15, 0.2) is 0 Å². The monoisotopic (exact) mass is 304 g/mol. The van der Waals surface area contributed by atoms with Crippen molar-refractivity contribution < 1.29 is 14.3 Å². The number of ether oxygens (including phenoxy) is 1. The van der Waals surface area contributed by atoms with Gasteiger partial charge < -0.3 is 15.0 Å². The Bertz CT molecular complexity index is 522. The van der Waals surface area contributed by atoms with Gasteiger partial charge in [0.2, 0.25) is 0 Å². The third-order valence-electron chi connectivity index (χ3n) is 3.68. The molecule has 0 aromatic heterocycles. The van der Waals surface area contributed by atoms with Crippen LogP contribution >= 0.6 is 0 Å². The molecular formula is C17H24N2O3. The molecule has 0 unspecified atom stereocenters. The van der Waals surface area contributed by atoms with E-state index in [0.717, 1.165) is 6.42 Å². The number of carbonyl (C=O) groups is 2. The van der Waals surface area contributed by atoms with Gasteiger partial charge in [-0.3, -0.25) is 9.59 Å². The lowest BCUT2D eigenvalue weighted by Crippen LogP contribution is -2.40. The molecule has 0 spiro atoms. The van der Waals surface area contributed by atoms with Crippen molar-refractivity contribution in [2.75, 3.05) is 32.8 Å². The van der Waals surface area contributed by atoms with E-state index in [1.54, 1.807) is 29.2 Å². The fourth-order valence-electron chi connectivity index (χ4n) is 2.32. The van der Waals surface area contributed by atoms with Gasteiger partial charge in [-0.1, -0.05) is 19.9 Å². The smallest absolute Gasteiger partial charge is 0.254 e. The van der Waals surface area contributed by atoms with Crippen molar-refractivity contribution in [1.82, 2.24) is 10.2 Å². The molecule has 1 aliphatic rings. The van der Waals surface area contributed by atoms with E-state index in [2.05, 4.69) is 19.2 Å². The Morgan fingerprint density at radius 1 is 1.23 bits per heavy atom. The molecular weight excluding hydrogens is 280 g/mol. The average molecular weight is 304 g/mol. The van der Waals surface area contributed by atoms with E-state index in [4.69, 9.17) is 4.74 Å². The van der Waals surface area contributed by atoms with Gasteiger partial charge in [0.1, 0.15) is 0 Å². The van der Waals surface area contributed by atoms with Crippen LogP contribution in [0, 0.1) is 5.92 Å². The maximum Gasteiger partial charge on any atom is 0.254 e. The number of nitrogens with zero attached hydrogens (tertiary/aromatic N) is 1. The molecule has 0 saturated carbocycles. The Hall–Kier alpha value is -1.88. The third-order valence-corrected chi connectivity index (χ3v) is 3.68. The van der Waals surface area contributed by atoms with Crippen LogP contribution in [0.2, 0.25) is 0 Å². The highest BCUT2D eigenvalue weighted by molar-refractivity contribution is 5.99. The van der Waals surface area contributed by atoms with Gasteiger partial charge in [-0.2, -0.15) is 0 Å². The van der Waals surface area contributed by atoms with Gasteiger partial charge >= 0.3 is 0 Å². The number of nitrogens with one attached hydrogen (secondary N) is 1. The summed E-state index contributed by atoms with van der Waals surface area (Å²) in [6.45, 7) is 7.23. The Morgan fingerprint density at radius 3 is 2.59 bits per heavy atom. The second-order valence-corrected chi connectivity index (χ2v) is 5.92. The number of rotatable bonds is 5. The van der Waals surface area contributed by atoms with Gasteiger partial charge in [0.25, 0.3) is 11.8 Å². The highest BCUT2D eigenvalue weighted by Crippen LogP contribution is 2.10. The molecule has 2 rings (SSSR count). The van der Waals surface area contributed by atoms with Crippen molar-refractivity contribution in [3.05, 3.63) is 35.4 Å². The molecule has 1 aromatic rings. The van der Waals surface area contributed by atoms with Crippen LogP contribution < -0.4 is 5.32 Å². The van der Waals surface area contributed by atoms with E-state index in [-0.39, 0.29) is 11.8 Å². The van der Waals surface area contributed by atoms with Crippen molar-refractivity contribution in [2.45, 2.75) is 20.3 Å². The van der Waals surface area contributed by atoms with E-state index in [1.807, 2.05) is 0 Å². The van der Waals surface area contributed by atoms with Gasteiger partial charge in [0.05, 0.1) is 13.2 Å². The summed E-state index contributed by atoms with van der Waals surface area (Å²) in [4.78, 5) is 26.3. The van der Waals surface area contributed by atoms with Crippen molar-refractivity contribution in [1.29, 1.82) is 0 Å². The molecule has 2 amide bonds. The highest BCUT2D eigenvalue weighted by atomic mass is 16.5. The molecule has 120 valence electrons. The van der Waals surface area contributed by atoms with Crippen molar-refractivity contribution in [3.63, 3.8) is 0 Å². The normalized spacial score (nSPS) is 15.0. The Kier molecular flexibility index (Phi) is 5.95. The maximum atomic E-state index is 12.4. The Balaban J connectivity index is 1.99. The standard InChI is InChI=1S/C17H24N2O3/c1-13(2)6-7-18-16(20)14-4-3-5-15(12-14)17(21)19-8-10-22-11-9-19/h3-5,12-13H,6-11H2,1-2H3,(H,18,20). The zero-order chi connectivity index (χ0) is 15.9. The largest absolute Gasteiger partial charge is 0.378 e. The number of morpholine rings is 1. The molecule has 22 heavy (non-hydrogen) atoms. The topological polar surface area (TPSA) is 58.6 Å². The van der Waals surface area contributed by atoms with Crippen molar-refractivity contribution >= 4 is 11.8 Å². The number of hydrogen-bond donors (Lipinski definition) is 1. The van der Waals surface area contributed by atoms with E-state index in [9.17, 15) is 9.59 Å². The van der Waals surface area contributed by atoms with Crippen LogP contribution in [0.4, 0.5) is 0 Å². The Labute approximate surface area is 131 Å². The lowest BCUT2D eigenvalue weighted by atomic mass is 10.1. The van der Waals surface area contributed by atoms with Crippen LogP contribution in [0.15, 0.2) is 24.3 Å². The predicted octanol–water partition coefficient (Wildman–Crippen LogP) is 1.93. The quantitative estimate of drug-likeness (QED) is 0.904. The van der Waals surface area contributed by atoms with Crippen molar-refractivity contribution in [3.8, 4) is 0 Å². The van der Waals surface area contributed by atoms with Gasteiger partial charge in [0, 0.05) is 30.8 Å². The third kappa shape index (κ3) is 4.56. The van der Waals surface area contributed by atoms with E-state index in [0.29, 0.717) is 49.9 Å². The molecule has 0 aliphatic carbocycles. The summed E-state index contributed by atoms with van der Waals surface area (Å²) in [5.74, 6) is 0.381. The second kappa shape index (κ2) is 7.94. The highest BCUT2D eigenvalue weighted by Gasteiger charge is 2.19. The predicted molar refractivity (Wildman–Crippen MR) is 85.0 cm³/mol. The first-order valence-electron chi connectivity index (χ1n) is 7.83. The average Bonchev–Trinajstić information content (AvgIpc) is 2.54. The summed E-state index contributed by atoms with van der Waals surface area (Å²) in [6, 6.07) is 6.91. The zero-order valence-electron chi connectivity index (χ0n) is 13.3. The molecule has 1 aromatic carbocycles. The number of benzene rings is 1. The SMILES string of the molecule is CC(C)CCNC(=O)c1cccc(C(=O)N2CCOCC2)c1. The summed E-state index contributed by atoms with van der Waals surface area (Å²) in [6.07, 6.45) is 0.943. The minimum Gasteiger partial charge on any atom is -0.378 e. The van der Waals surface area contributed by atoms with Gasteiger partial charge in [-0.25, -0.2) is 0 Å². The summed E-state index contributed by atoms with van der Waals surface area (Å²) in [5.41, 5.74) is 1.08. The molecule has 0 bridgehead atoms. The van der Waals surface area contributed by atoms with Crippen LogP contribution in [-0.2, 0) is 4.74 Å². The number of hydrogen-bond acceptors (Lipinski definition) is 3. The van der Waals surface area contributed by atoms with Gasteiger partial charge in [-0.05, 0) is 30.5 Å². The second-order valence-electron chi connectivity index (χ2n) is 5.92. The molecule has 1 heterocycles. The minimum atomic E-state index is -0.128. The summed E-state index contributed by atoms with van der Waals surface area (Å²) in [5, 5.41) is 2.89. The molecule has 5 nitrogen and oxygen atoms in total. The van der Waals surface area contributed by atoms with E-state index < -0.39 is 0 Å². The van der Waals surface area contributed by atoms with Crippen LogP contribution in [0.3, 0.4) is 0 Å². The zero-order valence-corrected chi connectivity index (χ0v) is 13.3. The maximum absolute atomic E-state index is 12.4. The van der Waals surface area contributed by atoms with Gasteiger partial charge in [-0.15, -0.1) is 0 Å². The van der Waals surface area contributed by atoms with Crippen LogP contribution in [0.1, 0.15) is 41.0 Å².